The summed E-state index contributed by atoms with van der Waals surface area (Å²) in [5, 5.41) is 14.0. The average molecular weight is 241 g/mol. The van der Waals surface area contributed by atoms with Crippen molar-refractivity contribution in [3.05, 3.63) is 36.4 Å². The molecule has 0 aliphatic heterocycles. The van der Waals surface area contributed by atoms with Crippen LogP contribution in [0.1, 0.15) is 6.92 Å². The van der Waals surface area contributed by atoms with Gasteiger partial charge in [0.25, 0.3) is 0 Å². The third-order valence-electron chi connectivity index (χ3n) is 2.78. The molecule has 3 aromatic rings. The first-order valence-corrected chi connectivity index (χ1v) is 5.56. The van der Waals surface area contributed by atoms with Crippen LogP contribution < -0.4 is 5.32 Å². The van der Waals surface area contributed by atoms with E-state index in [2.05, 4.69) is 5.32 Å². The Hall–Kier alpha value is -2.49. The number of phenolic OH excluding ortho intramolecular Hbond substituents is 1. The lowest BCUT2D eigenvalue weighted by Gasteiger charge is -2.00. The van der Waals surface area contributed by atoms with Crippen LogP contribution >= 0.6 is 0 Å². The van der Waals surface area contributed by atoms with Gasteiger partial charge in [0.1, 0.15) is 16.9 Å². The fourth-order valence-corrected chi connectivity index (χ4v) is 2.05. The molecule has 0 atom stereocenters. The van der Waals surface area contributed by atoms with Gasteiger partial charge in [-0.1, -0.05) is 0 Å². The van der Waals surface area contributed by atoms with E-state index in [0.717, 1.165) is 10.8 Å². The number of fused-ring (bicyclic) bond motifs is 3. The van der Waals surface area contributed by atoms with E-state index in [9.17, 15) is 9.90 Å². The minimum Gasteiger partial charge on any atom is -0.508 e. The van der Waals surface area contributed by atoms with Gasteiger partial charge in [0, 0.05) is 35.5 Å². The van der Waals surface area contributed by atoms with Gasteiger partial charge < -0.3 is 14.8 Å². The maximum atomic E-state index is 11.0. The van der Waals surface area contributed by atoms with E-state index in [1.165, 1.54) is 6.92 Å². The molecule has 0 aliphatic carbocycles. The minimum atomic E-state index is -0.122. The Morgan fingerprint density at radius 2 is 1.78 bits per heavy atom. The summed E-state index contributed by atoms with van der Waals surface area (Å²) < 4.78 is 5.64. The molecule has 0 unspecified atom stereocenters. The van der Waals surface area contributed by atoms with Gasteiger partial charge in [-0.05, 0) is 24.3 Å². The Balaban J connectivity index is 2.22. The van der Waals surface area contributed by atoms with Crippen LogP contribution in [-0.2, 0) is 4.79 Å². The maximum Gasteiger partial charge on any atom is 0.221 e. The Morgan fingerprint density at radius 1 is 1.11 bits per heavy atom. The van der Waals surface area contributed by atoms with Gasteiger partial charge in [0.05, 0.1) is 0 Å². The van der Waals surface area contributed by atoms with E-state index >= 15 is 0 Å². The number of hydrogen-bond acceptors (Lipinski definition) is 3. The molecule has 0 aliphatic rings. The number of anilines is 1. The molecule has 0 fully saturated rings. The zero-order valence-corrected chi connectivity index (χ0v) is 9.73. The zero-order chi connectivity index (χ0) is 12.7. The molecule has 0 spiro atoms. The Morgan fingerprint density at radius 3 is 2.50 bits per heavy atom. The van der Waals surface area contributed by atoms with E-state index in [1.807, 2.05) is 18.2 Å². The number of furan rings is 1. The highest BCUT2D eigenvalue weighted by Gasteiger charge is 2.08. The largest absolute Gasteiger partial charge is 0.508 e. The maximum absolute atomic E-state index is 11.0. The van der Waals surface area contributed by atoms with Crippen molar-refractivity contribution in [2.75, 3.05) is 5.32 Å². The molecule has 3 rings (SSSR count). The van der Waals surface area contributed by atoms with Gasteiger partial charge in [-0.2, -0.15) is 0 Å². The summed E-state index contributed by atoms with van der Waals surface area (Å²) in [5.74, 6) is 0.0479. The minimum absolute atomic E-state index is 0.122. The first-order chi connectivity index (χ1) is 8.63. The van der Waals surface area contributed by atoms with Gasteiger partial charge in [0.15, 0.2) is 0 Å². The second-order valence-electron chi connectivity index (χ2n) is 4.17. The van der Waals surface area contributed by atoms with Crippen molar-refractivity contribution in [3.8, 4) is 5.75 Å². The zero-order valence-electron chi connectivity index (χ0n) is 9.73. The summed E-state index contributed by atoms with van der Waals surface area (Å²) >= 11 is 0. The number of hydrogen-bond donors (Lipinski definition) is 2. The molecular weight excluding hydrogens is 230 g/mol. The number of phenols is 1. The summed E-state index contributed by atoms with van der Waals surface area (Å²) in [4.78, 5) is 11.0. The predicted molar refractivity (Wildman–Crippen MR) is 69.7 cm³/mol. The van der Waals surface area contributed by atoms with Crippen LogP contribution in [0.5, 0.6) is 5.75 Å². The van der Waals surface area contributed by atoms with Gasteiger partial charge in [0.2, 0.25) is 5.91 Å². The van der Waals surface area contributed by atoms with Crippen LogP contribution in [0.25, 0.3) is 21.9 Å². The van der Waals surface area contributed by atoms with Crippen LogP contribution in [-0.4, -0.2) is 11.0 Å². The molecule has 0 saturated carbocycles. The van der Waals surface area contributed by atoms with Crippen molar-refractivity contribution in [2.45, 2.75) is 6.92 Å². The van der Waals surface area contributed by atoms with Gasteiger partial charge in [-0.25, -0.2) is 0 Å². The van der Waals surface area contributed by atoms with E-state index in [4.69, 9.17) is 4.42 Å². The van der Waals surface area contributed by atoms with Crippen LogP contribution in [0.15, 0.2) is 40.8 Å². The average Bonchev–Trinajstić information content (AvgIpc) is 2.64. The molecule has 4 heteroatoms. The fraction of sp³-hybridized carbons (Fsp3) is 0.0714. The summed E-state index contributed by atoms with van der Waals surface area (Å²) in [7, 11) is 0. The number of rotatable bonds is 1. The van der Waals surface area contributed by atoms with Crippen molar-refractivity contribution in [2.24, 2.45) is 0 Å². The van der Waals surface area contributed by atoms with Crippen LogP contribution in [0.4, 0.5) is 5.69 Å². The number of carbonyl (C=O) groups excluding carboxylic acids is 1. The quantitative estimate of drug-likeness (QED) is 0.687. The molecule has 2 N–H and O–H groups in total. The number of carbonyl (C=O) groups is 1. The third kappa shape index (κ3) is 1.68. The molecule has 1 heterocycles. The highest BCUT2D eigenvalue weighted by Crippen LogP contribution is 2.32. The smallest absolute Gasteiger partial charge is 0.221 e. The van der Waals surface area contributed by atoms with E-state index < -0.39 is 0 Å². The summed E-state index contributed by atoms with van der Waals surface area (Å²) in [6.45, 7) is 1.46. The van der Waals surface area contributed by atoms with Crippen molar-refractivity contribution >= 4 is 33.5 Å². The first-order valence-electron chi connectivity index (χ1n) is 5.56. The lowest BCUT2D eigenvalue weighted by Crippen LogP contribution is -2.05. The SMILES string of the molecule is CC(=O)Nc1ccc2c(c1)oc1cc(O)ccc12. The van der Waals surface area contributed by atoms with Crippen LogP contribution in [0.3, 0.4) is 0 Å². The molecule has 4 nitrogen and oxygen atoms in total. The number of benzene rings is 2. The topological polar surface area (TPSA) is 62.5 Å². The molecule has 2 aromatic carbocycles. The predicted octanol–water partition coefficient (Wildman–Crippen LogP) is 3.25. The molecule has 0 radical (unpaired) electrons. The molecule has 0 saturated heterocycles. The highest BCUT2D eigenvalue weighted by molar-refractivity contribution is 6.06. The summed E-state index contributed by atoms with van der Waals surface area (Å²) in [6.07, 6.45) is 0. The molecule has 18 heavy (non-hydrogen) atoms. The van der Waals surface area contributed by atoms with E-state index in [0.29, 0.717) is 16.9 Å². The Labute approximate surface area is 103 Å². The van der Waals surface area contributed by atoms with Gasteiger partial charge in [-0.3, -0.25) is 4.79 Å². The summed E-state index contributed by atoms with van der Waals surface area (Å²) in [6, 6.07) is 10.5. The molecule has 90 valence electrons. The third-order valence-corrected chi connectivity index (χ3v) is 2.78. The van der Waals surface area contributed by atoms with Crippen molar-refractivity contribution in [1.82, 2.24) is 0 Å². The number of nitrogens with one attached hydrogen (secondary N) is 1. The van der Waals surface area contributed by atoms with Gasteiger partial charge in [-0.15, -0.1) is 0 Å². The van der Waals surface area contributed by atoms with Crippen molar-refractivity contribution in [1.29, 1.82) is 0 Å². The van der Waals surface area contributed by atoms with Crippen LogP contribution in [0.2, 0.25) is 0 Å². The van der Waals surface area contributed by atoms with Crippen LogP contribution in [0, 0.1) is 0 Å². The lowest BCUT2D eigenvalue weighted by atomic mass is 10.1. The normalized spacial score (nSPS) is 10.9. The van der Waals surface area contributed by atoms with E-state index in [-0.39, 0.29) is 11.7 Å². The molecule has 1 aromatic heterocycles. The number of amides is 1. The highest BCUT2D eigenvalue weighted by atomic mass is 16.3. The monoisotopic (exact) mass is 241 g/mol. The molecule has 0 bridgehead atoms. The molecule has 1 amide bonds. The first kappa shape index (κ1) is 10.7. The lowest BCUT2D eigenvalue weighted by molar-refractivity contribution is -0.114. The number of aromatic hydroxyl groups is 1. The molecular formula is C14H11NO3. The second kappa shape index (κ2) is 3.77. The van der Waals surface area contributed by atoms with E-state index in [1.54, 1.807) is 18.2 Å². The standard InChI is InChI=1S/C14H11NO3/c1-8(16)15-9-2-4-11-12-5-3-10(17)7-14(12)18-13(11)6-9/h2-7,17H,1H3,(H,15,16). The Kier molecular flexibility index (Phi) is 2.23. The second-order valence-corrected chi connectivity index (χ2v) is 4.17. The van der Waals surface area contributed by atoms with Gasteiger partial charge >= 0.3 is 0 Å². The van der Waals surface area contributed by atoms with Crippen molar-refractivity contribution in [3.63, 3.8) is 0 Å². The van der Waals surface area contributed by atoms with Crippen molar-refractivity contribution < 1.29 is 14.3 Å². The Bertz CT molecular complexity index is 758. The fourth-order valence-electron chi connectivity index (χ4n) is 2.05. The summed E-state index contributed by atoms with van der Waals surface area (Å²) in [5.41, 5.74) is 2.00.